The minimum absolute atomic E-state index is 0.0211. The van der Waals surface area contributed by atoms with Crippen LogP contribution in [0.4, 0.5) is 11.4 Å². The first kappa shape index (κ1) is 16.4. The third-order valence-electron chi connectivity index (χ3n) is 3.14. The van der Waals surface area contributed by atoms with E-state index in [-0.39, 0.29) is 10.9 Å². The fourth-order valence-corrected chi connectivity index (χ4v) is 4.44. The number of carbonyl (C=O) groups is 1. The Labute approximate surface area is 142 Å². The zero-order chi connectivity index (χ0) is 17.5. The molecule has 0 aliphatic heterocycles. The first-order valence-corrected chi connectivity index (χ1v) is 9.29. The number of amides is 1. The summed E-state index contributed by atoms with van der Waals surface area (Å²) in [5, 5.41) is 7.57. The number of aryl methyl sites for hydroxylation is 2. The molecule has 0 bridgehead atoms. The van der Waals surface area contributed by atoms with Gasteiger partial charge in [-0.2, -0.15) is 18.0 Å². The maximum absolute atomic E-state index is 12.7. The molecule has 0 spiro atoms. The molecular weight excluding hydrogens is 350 g/mol. The number of hydrogen-bond acceptors (Lipinski definition) is 6. The van der Waals surface area contributed by atoms with Crippen molar-refractivity contribution in [3.05, 3.63) is 35.0 Å². The molecule has 2 N–H and O–H groups in total. The Hall–Kier alpha value is -2.46. The predicted molar refractivity (Wildman–Crippen MR) is 91.9 cm³/mol. The number of anilines is 2. The minimum Gasteiger partial charge on any atom is -0.326 e. The van der Waals surface area contributed by atoms with E-state index in [0.29, 0.717) is 22.0 Å². The van der Waals surface area contributed by atoms with Gasteiger partial charge in [-0.15, -0.1) is 0 Å². The highest BCUT2D eigenvalue weighted by Crippen LogP contribution is 2.24. The Morgan fingerprint density at radius 3 is 2.42 bits per heavy atom. The molecule has 0 saturated carbocycles. The Bertz CT molecular complexity index is 1020. The lowest BCUT2D eigenvalue weighted by atomic mass is 10.3. The monoisotopic (exact) mass is 365 g/mol. The van der Waals surface area contributed by atoms with Crippen LogP contribution in [0.25, 0.3) is 4.96 Å². The van der Waals surface area contributed by atoms with Gasteiger partial charge in [0.15, 0.2) is 0 Å². The van der Waals surface area contributed by atoms with Crippen LogP contribution >= 0.6 is 11.3 Å². The lowest BCUT2D eigenvalue weighted by Crippen LogP contribution is -2.16. The van der Waals surface area contributed by atoms with Crippen LogP contribution in [-0.4, -0.2) is 28.9 Å². The van der Waals surface area contributed by atoms with Crippen molar-refractivity contribution in [2.75, 3.05) is 10.0 Å². The Morgan fingerprint density at radius 1 is 1.17 bits per heavy atom. The van der Waals surface area contributed by atoms with Gasteiger partial charge in [-0.25, -0.2) is 4.98 Å². The van der Waals surface area contributed by atoms with Crippen molar-refractivity contribution in [2.24, 2.45) is 0 Å². The van der Waals surface area contributed by atoms with E-state index in [1.165, 1.54) is 22.8 Å². The summed E-state index contributed by atoms with van der Waals surface area (Å²) in [7, 11) is -3.84. The topological polar surface area (TPSA) is 105 Å². The zero-order valence-corrected chi connectivity index (χ0v) is 14.8. The second kappa shape index (κ2) is 5.87. The van der Waals surface area contributed by atoms with Crippen molar-refractivity contribution in [3.63, 3.8) is 0 Å². The standard InChI is InChI=1S/C14H15N5O3S2/c1-8-13(19-14(15-8)23-10(3)17-19)24(21,22)18-12-6-4-11(5-7-12)16-9(2)20/h4-7,18H,1-3H3,(H,16,20). The van der Waals surface area contributed by atoms with Crippen LogP contribution in [0.5, 0.6) is 0 Å². The number of sulfonamides is 1. The molecule has 1 aromatic carbocycles. The van der Waals surface area contributed by atoms with E-state index < -0.39 is 10.0 Å². The quantitative estimate of drug-likeness (QED) is 0.737. The first-order chi connectivity index (χ1) is 11.3. The van der Waals surface area contributed by atoms with E-state index in [1.54, 1.807) is 38.1 Å². The Kier molecular flexibility index (Phi) is 4.01. The molecule has 0 aliphatic rings. The number of fused-ring (bicyclic) bond motifs is 1. The van der Waals surface area contributed by atoms with Crippen molar-refractivity contribution in [2.45, 2.75) is 25.8 Å². The fourth-order valence-electron chi connectivity index (χ4n) is 2.26. The van der Waals surface area contributed by atoms with Crippen molar-refractivity contribution in [3.8, 4) is 0 Å². The summed E-state index contributed by atoms with van der Waals surface area (Å²) < 4.78 is 29.2. The van der Waals surface area contributed by atoms with Gasteiger partial charge in [0, 0.05) is 18.3 Å². The van der Waals surface area contributed by atoms with Crippen LogP contribution < -0.4 is 10.0 Å². The van der Waals surface area contributed by atoms with Gasteiger partial charge >= 0.3 is 0 Å². The first-order valence-electron chi connectivity index (χ1n) is 6.99. The molecule has 0 fully saturated rings. The molecule has 0 unspecified atom stereocenters. The van der Waals surface area contributed by atoms with Gasteiger partial charge in [-0.1, -0.05) is 11.3 Å². The Balaban J connectivity index is 1.93. The molecule has 8 nitrogen and oxygen atoms in total. The van der Waals surface area contributed by atoms with Gasteiger partial charge < -0.3 is 5.32 Å². The van der Waals surface area contributed by atoms with Gasteiger partial charge in [0.1, 0.15) is 5.01 Å². The lowest BCUT2D eigenvalue weighted by molar-refractivity contribution is -0.114. The average Bonchev–Trinajstić information content (AvgIpc) is 2.94. The summed E-state index contributed by atoms with van der Waals surface area (Å²) in [6.45, 7) is 4.82. The number of carbonyl (C=O) groups excluding carboxylic acids is 1. The highest BCUT2D eigenvalue weighted by atomic mass is 32.2. The maximum atomic E-state index is 12.7. The summed E-state index contributed by atoms with van der Waals surface area (Å²) >= 11 is 1.33. The van der Waals surface area contributed by atoms with E-state index in [0.717, 1.165) is 5.01 Å². The van der Waals surface area contributed by atoms with Crippen molar-refractivity contribution in [1.29, 1.82) is 0 Å². The normalized spacial score (nSPS) is 11.6. The van der Waals surface area contributed by atoms with Gasteiger partial charge in [0.05, 0.1) is 5.69 Å². The third-order valence-corrected chi connectivity index (χ3v) is 5.44. The second-order valence-corrected chi connectivity index (χ2v) is 7.94. The van der Waals surface area contributed by atoms with E-state index >= 15 is 0 Å². The maximum Gasteiger partial charge on any atom is 0.281 e. The highest BCUT2D eigenvalue weighted by Gasteiger charge is 2.25. The zero-order valence-electron chi connectivity index (χ0n) is 13.2. The molecule has 1 amide bonds. The van der Waals surface area contributed by atoms with E-state index in [4.69, 9.17) is 0 Å². The molecule has 0 atom stereocenters. The number of imidazole rings is 1. The number of nitrogens with one attached hydrogen (secondary N) is 2. The van der Waals surface area contributed by atoms with Crippen LogP contribution in [0.1, 0.15) is 17.6 Å². The van der Waals surface area contributed by atoms with Crippen molar-refractivity contribution in [1.82, 2.24) is 14.6 Å². The van der Waals surface area contributed by atoms with Gasteiger partial charge in [-0.05, 0) is 38.1 Å². The summed E-state index contributed by atoms with van der Waals surface area (Å²) in [4.78, 5) is 15.8. The summed E-state index contributed by atoms with van der Waals surface area (Å²) in [6, 6.07) is 6.38. The minimum atomic E-state index is -3.84. The van der Waals surface area contributed by atoms with Crippen LogP contribution in [0, 0.1) is 13.8 Å². The van der Waals surface area contributed by atoms with Crippen LogP contribution in [0.3, 0.4) is 0 Å². The number of nitrogens with zero attached hydrogens (tertiary/aromatic N) is 3. The predicted octanol–water partition coefficient (Wildman–Crippen LogP) is 2.17. The summed E-state index contributed by atoms with van der Waals surface area (Å²) in [5.74, 6) is -0.195. The SMILES string of the molecule is CC(=O)Nc1ccc(NS(=O)(=O)c2c(C)nc3sc(C)nn23)cc1. The summed E-state index contributed by atoms with van der Waals surface area (Å²) in [5.41, 5.74) is 1.35. The second-order valence-electron chi connectivity index (χ2n) is 5.18. The molecule has 126 valence electrons. The van der Waals surface area contributed by atoms with Gasteiger partial charge in [0.25, 0.3) is 10.0 Å². The van der Waals surface area contributed by atoms with Gasteiger partial charge in [0.2, 0.25) is 15.9 Å². The van der Waals surface area contributed by atoms with E-state index in [9.17, 15) is 13.2 Å². The lowest BCUT2D eigenvalue weighted by Gasteiger charge is -2.08. The molecule has 3 rings (SSSR count). The molecule has 10 heteroatoms. The van der Waals surface area contributed by atoms with Crippen LogP contribution in [0.15, 0.2) is 29.3 Å². The van der Waals surface area contributed by atoms with E-state index in [2.05, 4.69) is 20.1 Å². The highest BCUT2D eigenvalue weighted by molar-refractivity contribution is 7.92. The number of aromatic nitrogens is 3. The molecule has 3 aromatic rings. The van der Waals surface area contributed by atoms with Crippen LogP contribution in [-0.2, 0) is 14.8 Å². The third kappa shape index (κ3) is 3.10. The molecule has 2 aromatic heterocycles. The van der Waals surface area contributed by atoms with Crippen molar-refractivity contribution < 1.29 is 13.2 Å². The fraction of sp³-hybridized carbons (Fsp3) is 0.214. The molecule has 0 saturated heterocycles. The summed E-state index contributed by atoms with van der Waals surface area (Å²) in [6.07, 6.45) is 0. The number of hydrogen-bond donors (Lipinski definition) is 2. The molecular formula is C14H15N5O3S2. The molecule has 0 radical (unpaired) electrons. The molecule has 2 heterocycles. The smallest absolute Gasteiger partial charge is 0.281 e. The van der Waals surface area contributed by atoms with Gasteiger partial charge in [-0.3, -0.25) is 9.52 Å². The number of rotatable bonds is 4. The Morgan fingerprint density at radius 2 is 1.79 bits per heavy atom. The molecule has 0 aliphatic carbocycles. The molecule has 24 heavy (non-hydrogen) atoms. The van der Waals surface area contributed by atoms with E-state index in [1.807, 2.05) is 0 Å². The van der Waals surface area contributed by atoms with Crippen LogP contribution in [0.2, 0.25) is 0 Å². The largest absolute Gasteiger partial charge is 0.326 e. The number of benzene rings is 1. The average molecular weight is 365 g/mol. The van der Waals surface area contributed by atoms with Crippen molar-refractivity contribution >= 4 is 43.6 Å².